The van der Waals surface area contributed by atoms with Crippen molar-refractivity contribution in [2.45, 2.75) is 24.8 Å². The minimum atomic E-state index is -3.75. The van der Waals surface area contributed by atoms with E-state index in [0.717, 1.165) is 4.31 Å². The molecule has 2 rings (SSSR count). The highest BCUT2D eigenvalue weighted by Gasteiger charge is 2.29. The molecule has 0 saturated heterocycles. The zero-order chi connectivity index (χ0) is 16.2. The lowest BCUT2D eigenvalue weighted by molar-refractivity contribution is -0.116. The second-order valence-electron chi connectivity index (χ2n) is 4.89. The highest BCUT2D eigenvalue weighted by molar-refractivity contribution is 7.89. The number of carbonyl (C=O) groups excluding carboxylic acids is 1. The summed E-state index contributed by atoms with van der Waals surface area (Å²) in [5.41, 5.74) is 0. The topological polar surface area (TPSA) is 92.5 Å². The quantitative estimate of drug-likeness (QED) is 0.873. The summed E-state index contributed by atoms with van der Waals surface area (Å²) in [4.78, 5) is 12.2. The van der Waals surface area contributed by atoms with Crippen molar-refractivity contribution in [1.82, 2.24) is 9.46 Å². The number of sulfonamides is 1. The first kappa shape index (κ1) is 16.2. The Hall–Kier alpha value is -2.19. The van der Waals surface area contributed by atoms with Crippen molar-refractivity contribution in [2.24, 2.45) is 0 Å². The maximum Gasteiger partial charge on any atom is 0.243 e. The fraction of sp³-hybridized carbons (Fsp3) is 0.286. The van der Waals surface area contributed by atoms with Crippen LogP contribution in [0.5, 0.6) is 0 Å². The van der Waals surface area contributed by atoms with Gasteiger partial charge in [-0.15, -0.1) is 0 Å². The van der Waals surface area contributed by atoms with Gasteiger partial charge in [0.2, 0.25) is 15.9 Å². The molecule has 0 aliphatic heterocycles. The van der Waals surface area contributed by atoms with Gasteiger partial charge >= 0.3 is 0 Å². The van der Waals surface area contributed by atoms with E-state index in [1.54, 1.807) is 32.0 Å². The first-order chi connectivity index (χ1) is 10.4. The van der Waals surface area contributed by atoms with Gasteiger partial charge in [-0.1, -0.05) is 23.4 Å². The number of hydrogen-bond acceptors (Lipinski definition) is 5. The first-order valence-electron chi connectivity index (χ1n) is 6.68. The van der Waals surface area contributed by atoms with E-state index < -0.39 is 15.9 Å². The van der Waals surface area contributed by atoms with E-state index in [-0.39, 0.29) is 23.3 Å². The standard InChI is InChI=1S/C14H17N3O4S/c1-11(2)17(10-14(18)15-13-8-9-21-16-13)22(19,20)12-6-4-3-5-7-12/h3-9,11H,10H2,1-2H3,(H,15,16,18). The Morgan fingerprint density at radius 1 is 1.27 bits per heavy atom. The molecule has 0 saturated carbocycles. The summed E-state index contributed by atoms with van der Waals surface area (Å²) in [5, 5.41) is 6.03. The molecular weight excluding hydrogens is 306 g/mol. The maximum atomic E-state index is 12.6. The highest BCUT2D eigenvalue weighted by Crippen LogP contribution is 2.17. The van der Waals surface area contributed by atoms with Crippen LogP contribution in [-0.4, -0.2) is 36.4 Å². The van der Waals surface area contributed by atoms with Crippen molar-refractivity contribution in [3.05, 3.63) is 42.7 Å². The van der Waals surface area contributed by atoms with Crippen LogP contribution in [0.1, 0.15) is 13.8 Å². The third-order valence-corrected chi connectivity index (χ3v) is 4.97. The Morgan fingerprint density at radius 2 is 1.95 bits per heavy atom. The second-order valence-corrected chi connectivity index (χ2v) is 6.78. The van der Waals surface area contributed by atoms with Gasteiger partial charge in [-0.05, 0) is 26.0 Å². The van der Waals surface area contributed by atoms with E-state index in [0.29, 0.717) is 0 Å². The summed E-state index contributed by atoms with van der Waals surface area (Å²) in [5.74, 6) is -0.243. The normalized spacial score (nSPS) is 11.8. The molecular formula is C14H17N3O4S. The van der Waals surface area contributed by atoms with Crippen LogP contribution in [0, 0.1) is 0 Å². The van der Waals surface area contributed by atoms with Crippen LogP contribution in [0.4, 0.5) is 5.82 Å². The van der Waals surface area contributed by atoms with Crippen molar-refractivity contribution in [3.63, 3.8) is 0 Å². The fourth-order valence-electron chi connectivity index (χ4n) is 1.87. The lowest BCUT2D eigenvalue weighted by Crippen LogP contribution is -2.42. The van der Waals surface area contributed by atoms with Crippen molar-refractivity contribution in [3.8, 4) is 0 Å². The van der Waals surface area contributed by atoms with E-state index in [2.05, 4.69) is 15.0 Å². The molecule has 0 unspecified atom stereocenters. The SMILES string of the molecule is CC(C)N(CC(=O)Nc1ccon1)S(=O)(=O)c1ccccc1. The minimum Gasteiger partial charge on any atom is -0.363 e. The van der Waals surface area contributed by atoms with Gasteiger partial charge in [-0.2, -0.15) is 4.31 Å². The van der Waals surface area contributed by atoms with Gasteiger partial charge in [0.15, 0.2) is 5.82 Å². The number of hydrogen-bond donors (Lipinski definition) is 1. The van der Waals surface area contributed by atoms with Crippen molar-refractivity contribution < 1.29 is 17.7 Å². The van der Waals surface area contributed by atoms with Crippen molar-refractivity contribution in [1.29, 1.82) is 0 Å². The molecule has 7 nitrogen and oxygen atoms in total. The van der Waals surface area contributed by atoms with Crippen molar-refractivity contribution in [2.75, 3.05) is 11.9 Å². The molecule has 1 heterocycles. The van der Waals surface area contributed by atoms with Gasteiger partial charge in [0.1, 0.15) is 6.26 Å². The van der Waals surface area contributed by atoms with Crippen molar-refractivity contribution >= 4 is 21.7 Å². The van der Waals surface area contributed by atoms with Crippen LogP contribution >= 0.6 is 0 Å². The third kappa shape index (κ3) is 3.71. The molecule has 8 heteroatoms. The molecule has 0 aliphatic carbocycles. The second kappa shape index (κ2) is 6.71. The van der Waals surface area contributed by atoms with Gasteiger partial charge < -0.3 is 9.84 Å². The first-order valence-corrected chi connectivity index (χ1v) is 8.12. The number of nitrogens with zero attached hydrogens (tertiary/aromatic N) is 2. The molecule has 2 aromatic rings. The largest absolute Gasteiger partial charge is 0.363 e. The van der Waals surface area contributed by atoms with E-state index in [9.17, 15) is 13.2 Å². The zero-order valence-electron chi connectivity index (χ0n) is 12.3. The molecule has 1 aromatic carbocycles. The molecule has 1 amide bonds. The number of aromatic nitrogens is 1. The minimum absolute atomic E-state index is 0.151. The Bertz CT molecular complexity index is 712. The number of nitrogens with one attached hydrogen (secondary N) is 1. The van der Waals surface area contributed by atoms with Gasteiger partial charge in [0.25, 0.3) is 0 Å². The summed E-state index contributed by atoms with van der Waals surface area (Å²) in [7, 11) is -3.75. The Labute approximate surface area is 129 Å². The zero-order valence-corrected chi connectivity index (χ0v) is 13.1. The number of amides is 1. The van der Waals surface area contributed by atoms with E-state index >= 15 is 0 Å². The maximum absolute atomic E-state index is 12.6. The van der Waals surface area contributed by atoms with Gasteiger partial charge in [-0.25, -0.2) is 8.42 Å². The summed E-state index contributed by atoms with van der Waals surface area (Å²) >= 11 is 0. The molecule has 22 heavy (non-hydrogen) atoms. The van der Waals surface area contributed by atoms with Crippen LogP contribution in [-0.2, 0) is 14.8 Å². The average molecular weight is 323 g/mol. The van der Waals surface area contributed by atoms with Gasteiger partial charge in [0, 0.05) is 12.1 Å². The average Bonchev–Trinajstić information content (AvgIpc) is 2.98. The molecule has 0 fully saturated rings. The van der Waals surface area contributed by atoms with E-state index in [1.807, 2.05) is 0 Å². The lowest BCUT2D eigenvalue weighted by Gasteiger charge is -2.25. The summed E-state index contributed by atoms with van der Waals surface area (Å²) in [6, 6.07) is 9.12. The number of anilines is 1. The molecule has 0 radical (unpaired) electrons. The molecule has 0 spiro atoms. The predicted molar refractivity (Wildman–Crippen MR) is 80.6 cm³/mol. The predicted octanol–water partition coefficient (Wildman–Crippen LogP) is 1.71. The number of benzene rings is 1. The summed E-state index contributed by atoms with van der Waals surface area (Å²) < 4.78 is 31.0. The molecule has 0 bridgehead atoms. The van der Waals surface area contributed by atoms with Crippen LogP contribution in [0.3, 0.4) is 0 Å². The van der Waals surface area contributed by atoms with E-state index in [1.165, 1.54) is 24.5 Å². The van der Waals surface area contributed by atoms with Crippen LogP contribution in [0.25, 0.3) is 0 Å². The number of rotatable bonds is 6. The third-order valence-electron chi connectivity index (χ3n) is 2.93. The molecule has 1 aromatic heterocycles. The summed E-state index contributed by atoms with van der Waals surface area (Å²) in [6.07, 6.45) is 1.32. The smallest absolute Gasteiger partial charge is 0.243 e. The molecule has 1 N–H and O–H groups in total. The van der Waals surface area contributed by atoms with Crippen LogP contribution in [0.15, 0.2) is 52.1 Å². The fourth-order valence-corrected chi connectivity index (χ4v) is 3.49. The van der Waals surface area contributed by atoms with Gasteiger partial charge in [-0.3, -0.25) is 4.79 Å². The van der Waals surface area contributed by atoms with Gasteiger partial charge in [0.05, 0.1) is 11.4 Å². The number of carbonyl (C=O) groups is 1. The Morgan fingerprint density at radius 3 is 2.50 bits per heavy atom. The lowest BCUT2D eigenvalue weighted by atomic mass is 10.4. The Kier molecular flexibility index (Phi) is 4.94. The molecule has 0 aliphatic rings. The monoisotopic (exact) mass is 323 g/mol. The van der Waals surface area contributed by atoms with E-state index in [4.69, 9.17) is 0 Å². The molecule has 0 atom stereocenters. The highest BCUT2D eigenvalue weighted by atomic mass is 32.2. The summed E-state index contributed by atoms with van der Waals surface area (Å²) in [6.45, 7) is 3.12. The molecule has 118 valence electrons. The van der Waals surface area contributed by atoms with Crippen LogP contribution in [0.2, 0.25) is 0 Å². The Balaban J connectivity index is 2.18. The van der Waals surface area contributed by atoms with Crippen LogP contribution < -0.4 is 5.32 Å².